The van der Waals surface area contributed by atoms with Crippen molar-refractivity contribution in [3.8, 4) is 0 Å². The summed E-state index contributed by atoms with van der Waals surface area (Å²) in [6.45, 7) is 3.36. The minimum Gasteiger partial charge on any atom is -0.374 e. The van der Waals surface area contributed by atoms with Crippen molar-refractivity contribution in [2.45, 2.75) is 44.9 Å². The van der Waals surface area contributed by atoms with E-state index in [0.29, 0.717) is 24.4 Å². The molecule has 5 amide bonds. The molecule has 4 N–H and O–H groups in total. The molecule has 1 saturated heterocycles. The number of urea groups is 1. The van der Waals surface area contributed by atoms with Crippen LogP contribution in [-0.2, 0) is 32.1 Å². The number of hydrazone groups is 1. The normalized spacial score (nSPS) is 19.5. The number of carbonyl (C=O) groups excluding carboxylic acids is 4. The van der Waals surface area contributed by atoms with Gasteiger partial charge in [-0.25, -0.2) is 9.80 Å². The van der Waals surface area contributed by atoms with Gasteiger partial charge in [0.2, 0.25) is 11.8 Å². The molecule has 0 bridgehead atoms. The zero-order chi connectivity index (χ0) is 28.9. The van der Waals surface area contributed by atoms with Crippen LogP contribution in [0.2, 0.25) is 0 Å². The van der Waals surface area contributed by atoms with Crippen molar-refractivity contribution < 1.29 is 23.9 Å². The molecule has 0 radical (unpaired) electrons. The first kappa shape index (κ1) is 28.8. The second-order valence-corrected chi connectivity index (χ2v) is 10.7. The van der Waals surface area contributed by atoms with Crippen LogP contribution in [0.25, 0.3) is 0 Å². The molecule has 40 heavy (non-hydrogen) atoms. The number of piperidine rings is 1. The van der Waals surface area contributed by atoms with Gasteiger partial charge in [0.05, 0.1) is 24.5 Å². The standard InChI is InChI=1S/C28H35N7O5/c1-27(2,29)24(37)32-26(39)31-21(17-40-16-19-9-5-4-6-10-19)23(36)35-14-12-22-28(18-35,25(38)34(3)33-22)15-20-11-7-8-13-30-20/h4-11,13,21H,12,14-18,29H2,1-3H3,(H2,31,32,37,39)/t21-,28+/m1/s1. The first-order valence-corrected chi connectivity index (χ1v) is 13.1. The molecular formula is C28H35N7O5. The van der Waals surface area contributed by atoms with E-state index in [4.69, 9.17) is 10.5 Å². The van der Waals surface area contributed by atoms with E-state index < -0.39 is 34.8 Å². The number of hydrogen-bond donors (Lipinski definition) is 3. The van der Waals surface area contributed by atoms with E-state index in [0.717, 1.165) is 5.56 Å². The number of carbonyl (C=O) groups is 4. The molecule has 2 atom stereocenters. The van der Waals surface area contributed by atoms with E-state index in [9.17, 15) is 19.2 Å². The lowest BCUT2D eigenvalue weighted by atomic mass is 9.74. The van der Waals surface area contributed by atoms with Crippen LogP contribution in [0.4, 0.5) is 4.79 Å². The lowest BCUT2D eigenvalue weighted by molar-refractivity contribution is -0.141. The molecule has 2 aliphatic rings. The molecule has 12 heteroatoms. The highest BCUT2D eigenvalue weighted by atomic mass is 16.5. The van der Waals surface area contributed by atoms with Crippen LogP contribution in [0.3, 0.4) is 0 Å². The van der Waals surface area contributed by atoms with Crippen LogP contribution in [0.5, 0.6) is 0 Å². The molecule has 2 aliphatic heterocycles. The van der Waals surface area contributed by atoms with E-state index in [-0.39, 0.29) is 32.1 Å². The zero-order valence-corrected chi connectivity index (χ0v) is 22.9. The molecule has 1 aromatic heterocycles. The summed E-state index contributed by atoms with van der Waals surface area (Å²) >= 11 is 0. The molecule has 4 rings (SSSR count). The number of nitrogens with two attached hydrogens (primary N) is 1. The largest absolute Gasteiger partial charge is 0.374 e. The quantitative estimate of drug-likeness (QED) is 0.418. The number of aromatic nitrogens is 1. The Bertz CT molecular complexity index is 1280. The number of hydrogen-bond acceptors (Lipinski definition) is 8. The smallest absolute Gasteiger partial charge is 0.322 e. The average molecular weight is 550 g/mol. The molecule has 1 fully saturated rings. The summed E-state index contributed by atoms with van der Waals surface area (Å²) < 4.78 is 5.80. The summed E-state index contributed by atoms with van der Waals surface area (Å²) in [5.74, 6) is -1.36. The zero-order valence-electron chi connectivity index (χ0n) is 22.9. The first-order chi connectivity index (χ1) is 19.0. The Morgan fingerprint density at radius 2 is 1.88 bits per heavy atom. The summed E-state index contributed by atoms with van der Waals surface area (Å²) in [4.78, 5) is 58.1. The minimum atomic E-state index is -1.30. The molecule has 212 valence electrons. The highest BCUT2D eigenvalue weighted by Crippen LogP contribution is 2.38. The van der Waals surface area contributed by atoms with Crippen LogP contribution in [-0.4, -0.2) is 82.7 Å². The van der Waals surface area contributed by atoms with Gasteiger partial charge in [-0.15, -0.1) is 0 Å². The maximum absolute atomic E-state index is 13.8. The monoisotopic (exact) mass is 549 g/mol. The number of pyridine rings is 1. The SMILES string of the molecule is CN1N=C2CCN(C(=O)[C@@H](COCc3ccccc3)NC(=O)NC(=O)C(C)(C)N)C[C@]2(Cc2ccccn2)C1=O. The van der Waals surface area contributed by atoms with Gasteiger partial charge in [0, 0.05) is 44.9 Å². The lowest BCUT2D eigenvalue weighted by Crippen LogP contribution is -2.61. The summed E-state index contributed by atoms with van der Waals surface area (Å²) in [7, 11) is 1.60. The number of benzene rings is 1. The Kier molecular flexibility index (Phi) is 8.60. The fourth-order valence-electron chi connectivity index (χ4n) is 4.81. The van der Waals surface area contributed by atoms with Crippen LogP contribution < -0.4 is 16.4 Å². The van der Waals surface area contributed by atoms with Crippen molar-refractivity contribution in [2.24, 2.45) is 16.3 Å². The van der Waals surface area contributed by atoms with Gasteiger partial charge in [-0.1, -0.05) is 36.4 Å². The summed E-state index contributed by atoms with van der Waals surface area (Å²) in [5, 5.41) is 10.5. The van der Waals surface area contributed by atoms with E-state index in [2.05, 4.69) is 20.7 Å². The van der Waals surface area contributed by atoms with Crippen LogP contribution in [0.1, 0.15) is 31.5 Å². The molecule has 2 aromatic rings. The summed E-state index contributed by atoms with van der Waals surface area (Å²) in [6, 6.07) is 12.9. The van der Waals surface area contributed by atoms with Crippen molar-refractivity contribution >= 4 is 29.5 Å². The minimum absolute atomic E-state index is 0.0671. The van der Waals surface area contributed by atoms with Gasteiger partial charge < -0.3 is 20.7 Å². The third-order valence-electron chi connectivity index (χ3n) is 6.94. The number of rotatable bonds is 9. The third kappa shape index (κ3) is 6.52. The molecule has 3 heterocycles. The Morgan fingerprint density at radius 1 is 1.15 bits per heavy atom. The first-order valence-electron chi connectivity index (χ1n) is 13.1. The van der Waals surface area contributed by atoms with Crippen molar-refractivity contribution in [3.63, 3.8) is 0 Å². The van der Waals surface area contributed by atoms with Gasteiger partial charge in [-0.05, 0) is 31.5 Å². The highest BCUT2D eigenvalue weighted by molar-refractivity contribution is 6.13. The van der Waals surface area contributed by atoms with Gasteiger partial charge in [0.15, 0.2) is 0 Å². The van der Waals surface area contributed by atoms with Gasteiger partial charge in [-0.3, -0.25) is 24.7 Å². The number of nitrogens with zero attached hydrogens (tertiary/aromatic N) is 4. The van der Waals surface area contributed by atoms with Crippen LogP contribution in [0.15, 0.2) is 59.8 Å². The fourth-order valence-corrected chi connectivity index (χ4v) is 4.81. The van der Waals surface area contributed by atoms with E-state index in [1.807, 2.05) is 42.5 Å². The highest BCUT2D eigenvalue weighted by Gasteiger charge is 2.54. The van der Waals surface area contributed by atoms with Gasteiger partial charge in [0.25, 0.3) is 5.91 Å². The number of fused-ring (bicyclic) bond motifs is 1. The summed E-state index contributed by atoms with van der Waals surface area (Å²) in [6.07, 6.45) is 2.32. The number of likely N-dealkylation sites (tertiary alicyclic amines) is 1. The number of amides is 5. The molecule has 1 aromatic carbocycles. The lowest BCUT2D eigenvalue weighted by Gasteiger charge is -2.40. The van der Waals surface area contributed by atoms with Crippen LogP contribution in [0, 0.1) is 5.41 Å². The Morgan fingerprint density at radius 3 is 2.55 bits per heavy atom. The van der Waals surface area contributed by atoms with E-state index in [1.165, 1.54) is 18.9 Å². The summed E-state index contributed by atoms with van der Waals surface area (Å²) in [5.41, 5.74) is 5.73. The number of nitrogens with one attached hydrogen (secondary N) is 2. The van der Waals surface area contributed by atoms with E-state index >= 15 is 0 Å². The molecular weight excluding hydrogens is 514 g/mol. The van der Waals surface area contributed by atoms with Crippen molar-refractivity contribution in [1.29, 1.82) is 0 Å². The Hall–Kier alpha value is -4.16. The average Bonchev–Trinajstić information content (AvgIpc) is 3.17. The third-order valence-corrected chi connectivity index (χ3v) is 6.94. The van der Waals surface area contributed by atoms with E-state index in [1.54, 1.807) is 24.2 Å². The van der Waals surface area contributed by atoms with Crippen molar-refractivity contribution in [3.05, 3.63) is 66.0 Å². The second kappa shape index (κ2) is 11.9. The second-order valence-electron chi connectivity index (χ2n) is 10.7. The Labute approximate surface area is 232 Å². The maximum atomic E-state index is 13.8. The Balaban J connectivity index is 1.53. The fraction of sp³-hybridized carbons (Fsp3) is 0.429. The topological polar surface area (TPSA) is 159 Å². The van der Waals surface area contributed by atoms with Crippen LogP contribution >= 0.6 is 0 Å². The maximum Gasteiger partial charge on any atom is 0.322 e. The molecule has 0 spiro atoms. The van der Waals surface area contributed by atoms with Crippen molar-refractivity contribution in [1.82, 2.24) is 25.5 Å². The number of ether oxygens (including phenoxy) is 1. The molecule has 0 unspecified atom stereocenters. The van der Waals surface area contributed by atoms with Gasteiger partial charge >= 0.3 is 6.03 Å². The van der Waals surface area contributed by atoms with Crippen molar-refractivity contribution in [2.75, 3.05) is 26.7 Å². The molecule has 0 saturated carbocycles. The molecule has 0 aliphatic carbocycles. The van der Waals surface area contributed by atoms with Gasteiger partial charge in [-0.2, -0.15) is 5.10 Å². The number of imide groups is 1. The predicted octanol–water partition coefficient (Wildman–Crippen LogP) is 0.819. The molecule has 12 nitrogen and oxygen atoms in total. The predicted molar refractivity (Wildman–Crippen MR) is 147 cm³/mol. The van der Waals surface area contributed by atoms with Gasteiger partial charge in [0.1, 0.15) is 11.5 Å².